The minimum absolute atomic E-state index is 0.00593. The first-order valence-electron chi connectivity index (χ1n) is 4.50. The Morgan fingerprint density at radius 1 is 1.12 bits per heavy atom. The van der Waals surface area contributed by atoms with E-state index < -0.39 is 23.6 Å². The Morgan fingerprint density at radius 2 is 1.75 bits per heavy atom. The molecule has 0 atom stereocenters. The van der Waals surface area contributed by atoms with Crippen LogP contribution in [0.5, 0.6) is 0 Å². The molecule has 0 saturated carbocycles. The van der Waals surface area contributed by atoms with Gasteiger partial charge in [-0.2, -0.15) is 0 Å². The molecular formula is C10H7F2NO3. The third kappa shape index (κ3) is 2.00. The number of carbonyl (C=O) groups is 2. The predicted molar refractivity (Wildman–Crippen MR) is 49.7 cm³/mol. The molecule has 84 valence electrons. The summed E-state index contributed by atoms with van der Waals surface area (Å²) in [4.78, 5) is 23.1. The first-order valence-corrected chi connectivity index (χ1v) is 4.50. The van der Waals surface area contributed by atoms with Crippen molar-refractivity contribution in [1.29, 1.82) is 0 Å². The fraction of sp³-hybridized carbons (Fsp3) is 0.200. The van der Waals surface area contributed by atoms with E-state index in [4.69, 9.17) is 0 Å². The molecule has 0 aliphatic carbocycles. The molecule has 1 aliphatic rings. The minimum Gasteiger partial charge on any atom is -0.390 e. The number of benzene rings is 1. The molecule has 2 rings (SSSR count). The molecule has 1 aliphatic heterocycles. The van der Waals surface area contributed by atoms with Gasteiger partial charge >= 0.3 is 11.9 Å². The van der Waals surface area contributed by atoms with Gasteiger partial charge in [0.15, 0.2) is 0 Å². The van der Waals surface area contributed by atoms with Crippen LogP contribution in [-0.4, -0.2) is 25.0 Å². The average molecular weight is 227 g/mol. The fourth-order valence-corrected chi connectivity index (χ4v) is 1.47. The summed E-state index contributed by atoms with van der Waals surface area (Å²) in [6.45, 7) is -0.456. The molecule has 1 heterocycles. The maximum absolute atomic E-state index is 13.3. The summed E-state index contributed by atoms with van der Waals surface area (Å²) in [5.41, 5.74) is 0.00593. The van der Waals surface area contributed by atoms with E-state index in [1.165, 1.54) is 11.0 Å². The number of anilines is 1. The predicted octanol–water partition coefficient (Wildman–Crippen LogP) is 0.855. The van der Waals surface area contributed by atoms with Crippen molar-refractivity contribution in [2.24, 2.45) is 0 Å². The highest BCUT2D eigenvalue weighted by atomic mass is 19.1. The van der Waals surface area contributed by atoms with Crippen molar-refractivity contribution in [3.05, 3.63) is 29.8 Å². The number of ether oxygens (including phenoxy) is 1. The second-order valence-corrected chi connectivity index (χ2v) is 3.30. The van der Waals surface area contributed by atoms with Crippen LogP contribution in [-0.2, 0) is 14.3 Å². The molecule has 0 radical (unpaired) electrons. The molecule has 1 aromatic rings. The van der Waals surface area contributed by atoms with Crippen LogP contribution in [0.1, 0.15) is 0 Å². The van der Waals surface area contributed by atoms with Crippen LogP contribution in [0.3, 0.4) is 0 Å². The van der Waals surface area contributed by atoms with Crippen molar-refractivity contribution >= 4 is 17.6 Å². The zero-order chi connectivity index (χ0) is 11.7. The zero-order valence-corrected chi connectivity index (χ0v) is 8.07. The van der Waals surface area contributed by atoms with E-state index in [9.17, 15) is 18.4 Å². The van der Waals surface area contributed by atoms with Gasteiger partial charge in [-0.05, 0) is 12.1 Å². The maximum atomic E-state index is 13.3. The number of hydrogen-bond acceptors (Lipinski definition) is 4. The number of halogens is 2. The third-order valence-electron chi connectivity index (χ3n) is 2.12. The SMILES string of the molecule is O=C1CN(c2ccc(F)cc2F)CC(=O)O1. The van der Waals surface area contributed by atoms with E-state index in [2.05, 4.69) is 4.74 Å². The van der Waals surface area contributed by atoms with Crippen molar-refractivity contribution in [2.45, 2.75) is 0 Å². The molecule has 0 spiro atoms. The van der Waals surface area contributed by atoms with E-state index in [1.54, 1.807) is 0 Å². The van der Waals surface area contributed by atoms with Crippen molar-refractivity contribution in [1.82, 2.24) is 0 Å². The largest absolute Gasteiger partial charge is 0.390 e. The summed E-state index contributed by atoms with van der Waals surface area (Å²) in [7, 11) is 0. The molecule has 0 aromatic heterocycles. The van der Waals surface area contributed by atoms with Gasteiger partial charge in [0.25, 0.3) is 0 Å². The van der Waals surface area contributed by atoms with Gasteiger partial charge in [0.05, 0.1) is 5.69 Å². The molecule has 0 N–H and O–H groups in total. The van der Waals surface area contributed by atoms with Crippen molar-refractivity contribution in [3.8, 4) is 0 Å². The van der Waals surface area contributed by atoms with Crippen LogP contribution in [0.4, 0.5) is 14.5 Å². The second kappa shape index (κ2) is 3.88. The van der Waals surface area contributed by atoms with E-state index >= 15 is 0 Å². The lowest BCUT2D eigenvalue weighted by atomic mass is 10.2. The quantitative estimate of drug-likeness (QED) is 0.527. The number of carbonyl (C=O) groups excluding carboxylic acids is 2. The van der Waals surface area contributed by atoms with Gasteiger partial charge in [-0.15, -0.1) is 0 Å². The number of hydrogen-bond donors (Lipinski definition) is 0. The van der Waals surface area contributed by atoms with E-state index in [1.807, 2.05) is 0 Å². The van der Waals surface area contributed by atoms with Crippen LogP contribution in [0, 0.1) is 11.6 Å². The fourth-order valence-electron chi connectivity index (χ4n) is 1.47. The van der Waals surface area contributed by atoms with Crippen molar-refractivity contribution < 1.29 is 23.1 Å². The molecule has 0 unspecified atom stereocenters. The van der Waals surface area contributed by atoms with Crippen molar-refractivity contribution in [3.63, 3.8) is 0 Å². The Bertz CT molecular complexity index is 445. The van der Waals surface area contributed by atoms with Crippen LogP contribution >= 0.6 is 0 Å². The second-order valence-electron chi connectivity index (χ2n) is 3.30. The van der Waals surface area contributed by atoms with Gasteiger partial charge in [0.1, 0.15) is 24.7 Å². The first kappa shape index (κ1) is 10.5. The minimum atomic E-state index is -0.817. The summed E-state index contributed by atoms with van der Waals surface area (Å²) in [5.74, 6) is -3.03. The van der Waals surface area contributed by atoms with Crippen LogP contribution in [0.25, 0.3) is 0 Å². The summed E-state index contributed by atoms with van der Waals surface area (Å²) in [6, 6.07) is 2.93. The molecule has 1 aromatic carbocycles. The maximum Gasteiger partial charge on any atom is 0.333 e. The number of cyclic esters (lactones) is 2. The molecule has 1 saturated heterocycles. The Kier molecular flexibility index (Phi) is 2.55. The highest BCUT2D eigenvalue weighted by molar-refractivity contribution is 5.94. The number of rotatable bonds is 1. The number of esters is 2. The van der Waals surface area contributed by atoms with Gasteiger partial charge < -0.3 is 9.64 Å². The number of nitrogens with zero attached hydrogens (tertiary/aromatic N) is 1. The first-order chi connectivity index (χ1) is 7.56. The van der Waals surface area contributed by atoms with Crippen LogP contribution in [0.2, 0.25) is 0 Å². The zero-order valence-electron chi connectivity index (χ0n) is 8.07. The van der Waals surface area contributed by atoms with Gasteiger partial charge in [0.2, 0.25) is 0 Å². The smallest absolute Gasteiger partial charge is 0.333 e. The lowest BCUT2D eigenvalue weighted by molar-refractivity contribution is -0.160. The highest BCUT2D eigenvalue weighted by Gasteiger charge is 2.26. The lowest BCUT2D eigenvalue weighted by Crippen LogP contribution is -2.43. The van der Waals surface area contributed by atoms with Crippen LogP contribution in [0.15, 0.2) is 18.2 Å². The monoisotopic (exact) mass is 227 g/mol. The number of morpholine rings is 1. The van der Waals surface area contributed by atoms with Gasteiger partial charge in [0, 0.05) is 6.07 Å². The molecule has 0 amide bonds. The molecule has 4 nitrogen and oxygen atoms in total. The van der Waals surface area contributed by atoms with Crippen molar-refractivity contribution in [2.75, 3.05) is 18.0 Å². The summed E-state index contributed by atoms with van der Waals surface area (Å²) in [5, 5.41) is 0. The summed E-state index contributed by atoms with van der Waals surface area (Å²) < 4.78 is 30.3. The van der Waals surface area contributed by atoms with Gasteiger partial charge in [-0.1, -0.05) is 0 Å². The van der Waals surface area contributed by atoms with Gasteiger partial charge in [-0.25, -0.2) is 18.4 Å². The lowest BCUT2D eigenvalue weighted by Gasteiger charge is -2.26. The molecule has 1 fully saturated rings. The van der Waals surface area contributed by atoms with Crippen LogP contribution < -0.4 is 4.90 Å². The molecule has 6 heteroatoms. The Hall–Kier alpha value is -1.98. The Labute approximate surface area is 89.4 Å². The Morgan fingerprint density at radius 3 is 2.31 bits per heavy atom. The third-order valence-corrected chi connectivity index (χ3v) is 2.12. The summed E-state index contributed by atoms with van der Waals surface area (Å²) in [6.07, 6.45) is 0. The normalized spacial score (nSPS) is 16.2. The topological polar surface area (TPSA) is 46.6 Å². The highest BCUT2D eigenvalue weighted by Crippen LogP contribution is 2.21. The van der Waals surface area contributed by atoms with Gasteiger partial charge in [-0.3, -0.25) is 0 Å². The standard InChI is InChI=1S/C10H7F2NO3/c11-6-1-2-8(7(12)3-6)13-4-9(14)16-10(15)5-13/h1-3H,4-5H2. The van der Waals surface area contributed by atoms with E-state index in [0.717, 1.165) is 6.07 Å². The summed E-state index contributed by atoms with van der Waals surface area (Å²) >= 11 is 0. The molecule has 16 heavy (non-hydrogen) atoms. The Balaban J connectivity index is 2.29. The average Bonchev–Trinajstić information content (AvgIpc) is 2.15. The van der Waals surface area contributed by atoms with E-state index in [0.29, 0.717) is 6.07 Å². The molecular weight excluding hydrogens is 220 g/mol. The molecule has 0 bridgehead atoms. The van der Waals surface area contributed by atoms with E-state index in [-0.39, 0.29) is 18.8 Å².